The van der Waals surface area contributed by atoms with Crippen LogP contribution >= 0.6 is 12.6 Å². The van der Waals surface area contributed by atoms with Gasteiger partial charge < -0.3 is 5.73 Å². The second kappa shape index (κ2) is 2.58. The third kappa shape index (κ3) is 1.19. The lowest BCUT2D eigenvalue weighted by atomic mass is 10.1. The Bertz CT molecular complexity index is 160. The molecule has 2 heteroatoms. The average molecular weight is 141 g/mol. The third-order valence-corrected chi connectivity index (χ3v) is 2.13. The Balaban J connectivity index is 2.81. The quantitative estimate of drug-likeness (QED) is 0.531. The molecule has 0 amide bonds. The molecule has 1 atom stereocenters. The smallest absolute Gasteiger partial charge is 0.0305 e. The Kier molecular flexibility index (Phi) is 1.98. The van der Waals surface area contributed by atoms with Crippen LogP contribution in [-0.4, -0.2) is 6.04 Å². The predicted molar refractivity (Wildman–Crippen MR) is 43.4 cm³/mol. The molecule has 50 valence electrons. The molecule has 0 bridgehead atoms. The number of nitrogens with two attached hydrogens (primary N) is 1. The van der Waals surface area contributed by atoms with E-state index < -0.39 is 0 Å². The van der Waals surface area contributed by atoms with Gasteiger partial charge in [0.25, 0.3) is 0 Å². The monoisotopic (exact) mass is 141 g/mol. The van der Waals surface area contributed by atoms with E-state index in [0.717, 1.165) is 23.3 Å². The molecule has 1 rings (SSSR count). The highest BCUT2D eigenvalue weighted by atomic mass is 32.1. The zero-order chi connectivity index (χ0) is 6.85. The van der Waals surface area contributed by atoms with E-state index in [1.54, 1.807) is 6.08 Å². The van der Waals surface area contributed by atoms with Crippen molar-refractivity contribution in [3.8, 4) is 0 Å². The van der Waals surface area contributed by atoms with Crippen molar-refractivity contribution < 1.29 is 0 Å². The Morgan fingerprint density at radius 1 is 1.78 bits per heavy atom. The second-order valence-electron chi connectivity index (χ2n) is 2.25. The fourth-order valence-corrected chi connectivity index (χ4v) is 1.46. The summed E-state index contributed by atoms with van der Waals surface area (Å²) in [5.41, 5.74) is 6.83. The highest BCUT2D eigenvalue weighted by Crippen LogP contribution is 2.27. The minimum atomic E-state index is 0.190. The lowest BCUT2D eigenvalue weighted by Gasteiger charge is -2.01. The molecule has 0 aromatic heterocycles. The van der Waals surface area contributed by atoms with Crippen molar-refractivity contribution in [2.24, 2.45) is 5.73 Å². The Morgan fingerprint density at radius 3 is 2.67 bits per heavy atom. The normalized spacial score (nSPS) is 27.1. The lowest BCUT2D eigenvalue weighted by Crippen LogP contribution is -2.17. The summed E-state index contributed by atoms with van der Waals surface area (Å²) in [7, 11) is 0. The van der Waals surface area contributed by atoms with Crippen molar-refractivity contribution in [1.29, 1.82) is 0 Å². The van der Waals surface area contributed by atoms with Gasteiger partial charge in [-0.05, 0) is 23.3 Å². The summed E-state index contributed by atoms with van der Waals surface area (Å²) < 4.78 is 0. The molecule has 2 N–H and O–H groups in total. The first-order valence-corrected chi connectivity index (χ1v) is 3.50. The molecule has 1 aliphatic rings. The van der Waals surface area contributed by atoms with Gasteiger partial charge in [0.2, 0.25) is 0 Å². The van der Waals surface area contributed by atoms with Crippen LogP contribution in [0, 0.1) is 0 Å². The molecule has 0 radical (unpaired) electrons. The first-order chi connectivity index (χ1) is 4.25. The molecular formula is C7H11NS. The van der Waals surface area contributed by atoms with Gasteiger partial charge in [-0.3, -0.25) is 0 Å². The van der Waals surface area contributed by atoms with Crippen LogP contribution in [0.5, 0.6) is 0 Å². The van der Waals surface area contributed by atoms with Crippen molar-refractivity contribution in [2.75, 3.05) is 0 Å². The predicted octanol–water partition coefficient (Wildman–Crippen LogP) is 1.48. The van der Waals surface area contributed by atoms with Gasteiger partial charge in [-0.15, -0.1) is 12.6 Å². The van der Waals surface area contributed by atoms with Crippen LogP contribution < -0.4 is 5.73 Å². The van der Waals surface area contributed by atoms with Crippen molar-refractivity contribution in [3.63, 3.8) is 0 Å². The van der Waals surface area contributed by atoms with Crippen LogP contribution in [0.4, 0.5) is 0 Å². The highest BCUT2D eigenvalue weighted by Gasteiger charge is 2.16. The van der Waals surface area contributed by atoms with Gasteiger partial charge in [-0.2, -0.15) is 0 Å². The zero-order valence-corrected chi connectivity index (χ0v) is 6.20. The Morgan fingerprint density at radius 2 is 2.44 bits per heavy atom. The topological polar surface area (TPSA) is 26.0 Å². The molecule has 1 aliphatic carbocycles. The van der Waals surface area contributed by atoms with Gasteiger partial charge in [0.05, 0.1) is 0 Å². The number of allylic oxidation sites excluding steroid dienone is 1. The fourth-order valence-electron chi connectivity index (χ4n) is 1.08. The maximum atomic E-state index is 5.70. The van der Waals surface area contributed by atoms with Gasteiger partial charge in [-0.1, -0.05) is 12.7 Å². The molecule has 0 aliphatic heterocycles. The first kappa shape index (κ1) is 6.90. The second-order valence-corrected chi connectivity index (χ2v) is 2.79. The van der Waals surface area contributed by atoms with E-state index in [4.69, 9.17) is 5.73 Å². The van der Waals surface area contributed by atoms with Gasteiger partial charge in [0, 0.05) is 6.04 Å². The molecule has 0 heterocycles. The molecule has 0 fully saturated rings. The maximum absolute atomic E-state index is 5.70. The van der Waals surface area contributed by atoms with E-state index >= 15 is 0 Å². The van der Waals surface area contributed by atoms with Gasteiger partial charge in [0.15, 0.2) is 0 Å². The summed E-state index contributed by atoms with van der Waals surface area (Å²) in [6, 6.07) is 0.190. The molecule has 1 nitrogen and oxygen atoms in total. The van der Waals surface area contributed by atoms with Crippen molar-refractivity contribution in [2.45, 2.75) is 18.9 Å². The molecule has 0 saturated carbocycles. The van der Waals surface area contributed by atoms with Crippen LogP contribution in [0.2, 0.25) is 0 Å². The highest BCUT2D eigenvalue weighted by molar-refractivity contribution is 7.84. The standard InChI is InChI=1S/C7H11NS/c1-2-5-6(8)3-4-7(5)9/h2,6,9H,1,3-4,8H2. The van der Waals surface area contributed by atoms with Crippen molar-refractivity contribution in [1.82, 2.24) is 0 Å². The number of rotatable bonds is 1. The molecule has 0 spiro atoms. The average Bonchev–Trinajstić information content (AvgIpc) is 2.12. The number of hydrogen-bond acceptors (Lipinski definition) is 2. The van der Waals surface area contributed by atoms with Crippen LogP contribution in [0.1, 0.15) is 12.8 Å². The minimum absolute atomic E-state index is 0.190. The minimum Gasteiger partial charge on any atom is -0.324 e. The summed E-state index contributed by atoms with van der Waals surface area (Å²) in [5.74, 6) is 0. The molecule has 0 saturated heterocycles. The maximum Gasteiger partial charge on any atom is 0.0305 e. The summed E-state index contributed by atoms with van der Waals surface area (Å²) >= 11 is 4.26. The molecule has 0 aromatic carbocycles. The van der Waals surface area contributed by atoms with E-state index in [0.29, 0.717) is 0 Å². The third-order valence-electron chi connectivity index (χ3n) is 1.64. The van der Waals surface area contributed by atoms with E-state index in [-0.39, 0.29) is 6.04 Å². The molecule has 0 aromatic rings. The van der Waals surface area contributed by atoms with Crippen LogP contribution in [0.3, 0.4) is 0 Å². The summed E-state index contributed by atoms with van der Waals surface area (Å²) in [4.78, 5) is 1.11. The fraction of sp³-hybridized carbons (Fsp3) is 0.429. The van der Waals surface area contributed by atoms with E-state index in [2.05, 4.69) is 19.2 Å². The van der Waals surface area contributed by atoms with Crippen LogP contribution in [0.25, 0.3) is 0 Å². The van der Waals surface area contributed by atoms with E-state index in [1.165, 1.54) is 0 Å². The van der Waals surface area contributed by atoms with Crippen molar-refractivity contribution in [3.05, 3.63) is 23.1 Å². The number of hydrogen-bond donors (Lipinski definition) is 2. The van der Waals surface area contributed by atoms with Gasteiger partial charge in [-0.25, -0.2) is 0 Å². The first-order valence-electron chi connectivity index (χ1n) is 3.05. The van der Waals surface area contributed by atoms with E-state index in [9.17, 15) is 0 Å². The number of thiol groups is 1. The Labute approximate surface area is 61.0 Å². The molecule has 9 heavy (non-hydrogen) atoms. The van der Waals surface area contributed by atoms with Crippen molar-refractivity contribution >= 4 is 12.6 Å². The summed E-state index contributed by atoms with van der Waals surface area (Å²) in [6.07, 6.45) is 3.85. The molecular weight excluding hydrogens is 130 g/mol. The largest absolute Gasteiger partial charge is 0.324 e. The van der Waals surface area contributed by atoms with Crippen LogP contribution in [0.15, 0.2) is 23.1 Å². The Hall–Kier alpha value is -0.210. The summed E-state index contributed by atoms with van der Waals surface area (Å²) in [5, 5.41) is 0. The van der Waals surface area contributed by atoms with Gasteiger partial charge >= 0.3 is 0 Å². The lowest BCUT2D eigenvalue weighted by molar-refractivity contribution is 0.762. The SMILES string of the molecule is C=CC1=C(S)CCC1N. The summed E-state index contributed by atoms with van der Waals surface area (Å²) in [6.45, 7) is 3.66. The zero-order valence-electron chi connectivity index (χ0n) is 5.30. The molecule has 1 unspecified atom stereocenters. The van der Waals surface area contributed by atoms with Gasteiger partial charge in [0.1, 0.15) is 0 Å². The van der Waals surface area contributed by atoms with E-state index in [1.807, 2.05) is 0 Å². The van der Waals surface area contributed by atoms with Crippen LogP contribution in [-0.2, 0) is 0 Å².